The molecular formula is C20H22N2O5. The van der Waals surface area contributed by atoms with Crippen molar-refractivity contribution in [2.45, 2.75) is 33.0 Å². The number of nitrogens with two attached hydrogens (primary N) is 1. The minimum Gasteiger partial charge on any atom is -0.479 e. The molecule has 0 aliphatic rings. The van der Waals surface area contributed by atoms with Gasteiger partial charge in [0.2, 0.25) is 5.91 Å². The summed E-state index contributed by atoms with van der Waals surface area (Å²) in [5.74, 6) is -1.17. The number of primary amides is 1. The Labute approximate surface area is 157 Å². The molecule has 0 heterocycles. The van der Waals surface area contributed by atoms with Gasteiger partial charge in [0.25, 0.3) is 5.91 Å². The molecule has 142 valence electrons. The van der Waals surface area contributed by atoms with Crippen LogP contribution in [0.1, 0.15) is 29.8 Å². The van der Waals surface area contributed by atoms with Crippen LogP contribution in [0.15, 0.2) is 48.5 Å². The molecule has 7 heteroatoms. The predicted molar refractivity (Wildman–Crippen MR) is 100 cm³/mol. The van der Waals surface area contributed by atoms with Gasteiger partial charge in [-0.3, -0.25) is 9.59 Å². The summed E-state index contributed by atoms with van der Waals surface area (Å²) in [6, 6.07) is 13.3. The van der Waals surface area contributed by atoms with Crippen LogP contribution in [0.3, 0.4) is 0 Å². The molecule has 2 amide bonds. The molecule has 2 atom stereocenters. The number of esters is 1. The number of hydrogen-bond donors (Lipinski definition) is 2. The lowest BCUT2D eigenvalue weighted by Gasteiger charge is -2.18. The number of aryl methyl sites for hydroxylation is 1. The summed E-state index contributed by atoms with van der Waals surface area (Å²) < 4.78 is 10.7. The zero-order valence-electron chi connectivity index (χ0n) is 15.4. The van der Waals surface area contributed by atoms with Crippen LogP contribution in [0, 0.1) is 6.92 Å². The summed E-state index contributed by atoms with van der Waals surface area (Å²) in [6.45, 7) is 4.96. The summed E-state index contributed by atoms with van der Waals surface area (Å²) >= 11 is 0. The van der Waals surface area contributed by atoms with Crippen molar-refractivity contribution in [1.82, 2.24) is 0 Å². The zero-order chi connectivity index (χ0) is 20.0. The van der Waals surface area contributed by atoms with Gasteiger partial charge in [0, 0.05) is 11.3 Å². The Morgan fingerprint density at radius 2 is 1.52 bits per heavy atom. The van der Waals surface area contributed by atoms with Gasteiger partial charge in [-0.2, -0.15) is 0 Å². The average Bonchev–Trinajstić information content (AvgIpc) is 2.63. The van der Waals surface area contributed by atoms with Gasteiger partial charge in [-0.1, -0.05) is 17.7 Å². The highest BCUT2D eigenvalue weighted by Crippen LogP contribution is 2.15. The van der Waals surface area contributed by atoms with Gasteiger partial charge in [-0.05, 0) is 57.2 Å². The Morgan fingerprint density at radius 3 is 2.07 bits per heavy atom. The molecule has 2 rings (SSSR count). The number of rotatable bonds is 7. The minimum atomic E-state index is -1.02. The molecule has 2 aromatic carbocycles. The quantitative estimate of drug-likeness (QED) is 0.728. The second-order valence-electron chi connectivity index (χ2n) is 6.08. The van der Waals surface area contributed by atoms with Crippen LogP contribution in [-0.2, 0) is 14.3 Å². The standard InChI is InChI=1S/C20H22N2O5/c1-12-4-10-17(11-5-12)26-14(3)20(25)27-13(2)19(24)22-16-8-6-15(7-9-16)18(21)23/h4-11,13-14H,1-3H3,(H2,21,23)(H,22,24)/t13-,14+/m1/s1. The normalized spacial score (nSPS) is 12.6. The molecule has 0 aromatic heterocycles. The second kappa shape index (κ2) is 8.84. The first kappa shape index (κ1) is 20.0. The first-order valence-electron chi connectivity index (χ1n) is 8.41. The summed E-state index contributed by atoms with van der Waals surface area (Å²) in [5.41, 5.74) is 7.02. The monoisotopic (exact) mass is 370 g/mol. The first-order valence-corrected chi connectivity index (χ1v) is 8.41. The van der Waals surface area contributed by atoms with Gasteiger partial charge in [-0.15, -0.1) is 0 Å². The highest BCUT2D eigenvalue weighted by Gasteiger charge is 2.23. The van der Waals surface area contributed by atoms with Crippen LogP contribution in [0.5, 0.6) is 5.75 Å². The van der Waals surface area contributed by atoms with Crippen molar-refractivity contribution < 1.29 is 23.9 Å². The molecule has 0 aliphatic carbocycles. The minimum absolute atomic E-state index is 0.328. The Morgan fingerprint density at radius 1 is 0.926 bits per heavy atom. The Hall–Kier alpha value is -3.35. The number of carbonyl (C=O) groups is 3. The highest BCUT2D eigenvalue weighted by molar-refractivity contribution is 5.96. The molecular weight excluding hydrogens is 348 g/mol. The lowest BCUT2D eigenvalue weighted by molar-refractivity contribution is -0.159. The number of anilines is 1. The van der Waals surface area contributed by atoms with Crippen LogP contribution in [0.2, 0.25) is 0 Å². The Kier molecular flexibility index (Phi) is 6.54. The second-order valence-corrected chi connectivity index (χ2v) is 6.08. The summed E-state index contributed by atoms with van der Waals surface area (Å²) in [7, 11) is 0. The van der Waals surface area contributed by atoms with Gasteiger partial charge in [0.15, 0.2) is 12.2 Å². The maximum atomic E-state index is 12.2. The third kappa shape index (κ3) is 5.85. The van der Waals surface area contributed by atoms with Crippen molar-refractivity contribution in [2.24, 2.45) is 5.73 Å². The lowest BCUT2D eigenvalue weighted by atomic mass is 10.2. The molecule has 3 N–H and O–H groups in total. The fourth-order valence-electron chi connectivity index (χ4n) is 2.15. The van der Waals surface area contributed by atoms with E-state index < -0.39 is 30.0 Å². The molecule has 0 saturated heterocycles. The number of carbonyl (C=O) groups excluding carboxylic acids is 3. The van der Waals surface area contributed by atoms with Gasteiger partial charge in [0.1, 0.15) is 5.75 Å². The lowest BCUT2D eigenvalue weighted by Crippen LogP contribution is -2.35. The number of ether oxygens (including phenoxy) is 2. The van der Waals surface area contributed by atoms with Crippen LogP contribution in [0.25, 0.3) is 0 Å². The maximum Gasteiger partial charge on any atom is 0.347 e. The molecule has 27 heavy (non-hydrogen) atoms. The molecule has 0 fully saturated rings. The van der Waals surface area contributed by atoms with Crippen molar-refractivity contribution in [3.63, 3.8) is 0 Å². The van der Waals surface area contributed by atoms with Crippen molar-refractivity contribution in [1.29, 1.82) is 0 Å². The van der Waals surface area contributed by atoms with Gasteiger partial charge < -0.3 is 20.5 Å². The van der Waals surface area contributed by atoms with E-state index in [0.29, 0.717) is 17.0 Å². The summed E-state index contributed by atoms with van der Waals surface area (Å²) in [6.07, 6.45) is -1.88. The van der Waals surface area contributed by atoms with Crippen molar-refractivity contribution in [2.75, 3.05) is 5.32 Å². The van der Waals surface area contributed by atoms with E-state index in [1.807, 2.05) is 19.1 Å². The maximum absolute atomic E-state index is 12.2. The summed E-state index contributed by atoms with van der Waals surface area (Å²) in [5, 5.41) is 2.60. The van der Waals surface area contributed by atoms with Crippen molar-refractivity contribution in [3.8, 4) is 5.75 Å². The molecule has 0 saturated carbocycles. The van der Waals surface area contributed by atoms with Crippen LogP contribution >= 0.6 is 0 Å². The van der Waals surface area contributed by atoms with Crippen LogP contribution in [-0.4, -0.2) is 30.0 Å². The molecule has 2 aromatic rings. The largest absolute Gasteiger partial charge is 0.479 e. The van der Waals surface area contributed by atoms with Gasteiger partial charge >= 0.3 is 5.97 Å². The Balaban J connectivity index is 1.87. The number of amides is 2. The van der Waals surface area contributed by atoms with E-state index in [1.165, 1.54) is 31.2 Å². The van der Waals surface area contributed by atoms with Crippen LogP contribution < -0.4 is 15.8 Å². The molecule has 0 unspecified atom stereocenters. The smallest absolute Gasteiger partial charge is 0.347 e. The fraction of sp³-hybridized carbons (Fsp3) is 0.250. The Bertz CT molecular complexity index is 815. The van der Waals surface area contributed by atoms with Gasteiger partial charge in [-0.25, -0.2) is 4.79 Å². The molecule has 0 bridgehead atoms. The van der Waals surface area contributed by atoms with Gasteiger partial charge in [0.05, 0.1) is 0 Å². The number of nitrogens with one attached hydrogen (secondary N) is 1. The zero-order valence-corrected chi connectivity index (χ0v) is 15.4. The van der Waals surface area contributed by atoms with E-state index in [2.05, 4.69) is 5.32 Å². The van der Waals surface area contributed by atoms with Crippen LogP contribution in [0.4, 0.5) is 5.69 Å². The van der Waals surface area contributed by atoms with E-state index in [0.717, 1.165) is 5.56 Å². The molecule has 0 radical (unpaired) electrons. The van der Waals surface area contributed by atoms with Crippen molar-refractivity contribution >= 4 is 23.5 Å². The highest BCUT2D eigenvalue weighted by atomic mass is 16.6. The molecule has 0 aliphatic heterocycles. The first-order chi connectivity index (χ1) is 12.8. The van der Waals surface area contributed by atoms with Crippen molar-refractivity contribution in [3.05, 3.63) is 59.7 Å². The van der Waals surface area contributed by atoms with E-state index in [9.17, 15) is 14.4 Å². The average molecular weight is 370 g/mol. The molecule has 7 nitrogen and oxygen atoms in total. The van der Waals surface area contributed by atoms with E-state index in [4.69, 9.17) is 15.2 Å². The number of benzene rings is 2. The fourth-order valence-corrected chi connectivity index (χ4v) is 2.15. The third-order valence-electron chi connectivity index (χ3n) is 3.76. The van der Waals surface area contributed by atoms with E-state index in [1.54, 1.807) is 19.1 Å². The predicted octanol–water partition coefficient (Wildman–Crippen LogP) is 2.43. The topological polar surface area (TPSA) is 108 Å². The SMILES string of the molecule is Cc1ccc(O[C@@H](C)C(=O)O[C@H](C)C(=O)Nc2ccc(C(N)=O)cc2)cc1. The summed E-state index contributed by atoms with van der Waals surface area (Å²) in [4.78, 5) is 35.3. The van der Waals surface area contributed by atoms with E-state index in [-0.39, 0.29) is 0 Å². The van der Waals surface area contributed by atoms with E-state index >= 15 is 0 Å². The molecule has 0 spiro atoms. The number of hydrogen-bond acceptors (Lipinski definition) is 5. The third-order valence-corrected chi connectivity index (χ3v) is 3.76.